The first kappa shape index (κ1) is 16.1. The van der Waals surface area contributed by atoms with Gasteiger partial charge < -0.3 is 0 Å². The Labute approximate surface area is 142 Å². The summed E-state index contributed by atoms with van der Waals surface area (Å²) in [4.78, 5) is 17.0. The lowest BCUT2D eigenvalue weighted by atomic mass is 10.2. The summed E-state index contributed by atoms with van der Waals surface area (Å²) in [7, 11) is -1.06. The van der Waals surface area contributed by atoms with Crippen LogP contribution in [0.25, 0.3) is 0 Å². The van der Waals surface area contributed by atoms with E-state index in [-0.39, 0.29) is 11.9 Å². The number of aromatic nitrogens is 3. The molecule has 1 aromatic heterocycles. The third kappa shape index (κ3) is 3.94. The van der Waals surface area contributed by atoms with Crippen LogP contribution in [0.3, 0.4) is 0 Å². The molecule has 0 aliphatic carbocycles. The smallest absolute Gasteiger partial charge is 0.258 e. The normalized spacial score (nSPS) is 11.9. The van der Waals surface area contributed by atoms with Crippen LogP contribution in [0.4, 0.5) is 5.95 Å². The van der Waals surface area contributed by atoms with Crippen LogP contribution in [0.15, 0.2) is 65.8 Å². The van der Waals surface area contributed by atoms with Gasteiger partial charge in [0.15, 0.2) is 0 Å². The van der Waals surface area contributed by atoms with E-state index < -0.39 is 10.8 Å². The van der Waals surface area contributed by atoms with Crippen LogP contribution >= 0.6 is 0 Å². The SMILES string of the molecule is C[S@](=O)c1ccc(C(=O)Nc2ncn(Cc3ccccc3)n2)cc1. The van der Waals surface area contributed by atoms with E-state index >= 15 is 0 Å². The highest BCUT2D eigenvalue weighted by Crippen LogP contribution is 2.10. The van der Waals surface area contributed by atoms with Crippen molar-refractivity contribution in [2.75, 3.05) is 11.6 Å². The van der Waals surface area contributed by atoms with Crippen LogP contribution < -0.4 is 5.32 Å². The van der Waals surface area contributed by atoms with E-state index in [2.05, 4.69) is 15.4 Å². The van der Waals surface area contributed by atoms with Crippen molar-refractivity contribution in [3.05, 3.63) is 72.1 Å². The molecule has 3 aromatic rings. The fourth-order valence-electron chi connectivity index (χ4n) is 2.17. The van der Waals surface area contributed by atoms with Gasteiger partial charge in [-0.3, -0.25) is 14.3 Å². The molecule has 0 radical (unpaired) electrons. The molecule has 3 rings (SSSR count). The van der Waals surface area contributed by atoms with Crippen LogP contribution in [0.2, 0.25) is 0 Å². The largest absolute Gasteiger partial charge is 0.289 e. The summed E-state index contributed by atoms with van der Waals surface area (Å²) >= 11 is 0. The zero-order chi connectivity index (χ0) is 16.9. The maximum Gasteiger partial charge on any atom is 0.258 e. The van der Waals surface area contributed by atoms with E-state index in [1.165, 1.54) is 0 Å². The third-order valence-electron chi connectivity index (χ3n) is 3.40. The highest BCUT2D eigenvalue weighted by atomic mass is 32.2. The number of carbonyl (C=O) groups is 1. The molecule has 2 aromatic carbocycles. The molecule has 0 spiro atoms. The van der Waals surface area contributed by atoms with Crippen molar-refractivity contribution in [3.63, 3.8) is 0 Å². The molecule has 0 aliphatic heterocycles. The summed E-state index contributed by atoms with van der Waals surface area (Å²) in [6, 6.07) is 16.5. The summed E-state index contributed by atoms with van der Waals surface area (Å²) in [5.74, 6) is -0.0556. The van der Waals surface area contributed by atoms with Gasteiger partial charge in [-0.05, 0) is 29.8 Å². The second-order valence-electron chi connectivity index (χ2n) is 5.18. The molecule has 24 heavy (non-hydrogen) atoms. The van der Waals surface area contributed by atoms with Crippen molar-refractivity contribution in [1.29, 1.82) is 0 Å². The predicted molar refractivity (Wildman–Crippen MR) is 92.3 cm³/mol. The van der Waals surface area contributed by atoms with E-state index in [0.29, 0.717) is 17.0 Å². The molecule has 7 heteroatoms. The number of nitrogens with zero attached hydrogens (tertiary/aromatic N) is 3. The molecule has 1 N–H and O–H groups in total. The first-order valence-electron chi connectivity index (χ1n) is 7.30. The second kappa shape index (κ2) is 7.18. The summed E-state index contributed by atoms with van der Waals surface area (Å²) < 4.78 is 13.0. The van der Waals surface area contributed by atoms with Crippen molar-refractivity contribution in [1.82, 2.24) is 14.8 Å². The summed E-state index contributed by atoms with van der Waals surface area (Å²) in [5.41, 5.74) is 1.56. The van der Waals surface area contributed by atoms with Crippen molar-refractivity contribution in [2.45, 2.75) is 11.4 Å². The zero-order valence-electron chi connectivity index (χ0n) is 13.0. The van der Waals surface area contributed by atoms with E-state index in [9.17, 15) is 9.00 Å². The molecular weight excluding hydrogens is 324 g/mol. The highest BCUT2D eigenvalue weighted by Gasteiger charge is 2.10. The quantitative estimate of drug-likeness (QED) is 0.773. The number of hydrogen-bond acceptors (Lipinski definition) is 4. The molecule has 1 amide bonds. The minimum absolute atomic E-state index is 0.249. The molecule has 6 nitrogen and oxygen atoms in total. The topological polar surface area (TPSA) is 76.9 Å². The fraction of sp³-hybridized carbons (Fsp3) is 0.118. The van der Waals surface area contributed by atoms with Gasteiger partial charge in [-0.15, -0.1) is 5.10 Å². The maximum absolute atomic E-state index is 12.2. The highest BCUT2D eigenvalue weighted by molar-refractivity contribution is 7.84. The van der Waals surface area contributed by atoms with Crippen LogP contribution in [0, 0.1) is 0 Å². The third-order valence-corrected chi connectivity index (χ3v) is 4.33. The van der Waals surface area contributed by atoms with Crippen LogP contribution in [-0.2, 0) is 17.3 Å². The Morgan fingerprint density at radius 3 is 2.50 bits per heavy atom. The molecule has 1 heterocycles. The van der Waals surface area contributed by atoms with E-state index in [1.807, 2.05) is 30.3 Å². The predicted octanol–water partition coefficient (Wildman–Crippen LogP) is 2.32. The number of amides is 1. The van der Waals surface area contributed by atoms with Crippen molar-refractivity contribution in [2.24, 2.45) is 0 Å². The van der Waals surface area contributed by atoms with Crippen LogP contribution in [-0.4, -0.2) is 31.1 Å². The molecule has 0 saturated heterocycles. The van der Waals surface area contributed by atoms with Gasteiger partial charge in [-0.2, -0.15) is 0 Å². The van der Waals surface area contributed by atoms with Gasteiger partial charge in [0.2, 0.25) is 5.95 Å². The first-order valence-corrected chi connectivity index (χ1v) is 8.86. The summed E-state index contributed by atoms with van der Waals surface area (Å²) in [5, 5.41) is 6.90. The first-order chi connectivity index (χ1) is 11.6. The minimum atomic E-state index is -1.06. The standard InChI is InChI=1S/C17H16N4O2S/c1-24(23)15-9-7-14(8-10-15)16(22)19-17-18-12-21(20-17)11-13-5-3-2-4-6-13/h2-10,12H,11H2,1H3,(H,19,20,22)/t24-/m0/s1. The van der Waals surface area contributed by atoms with Crippen LogP contribution in [0.1, 0.15) is 15.9 Å². The molecule has 0 saturated carbocycles. The van der Waals surface area contributed by atoms with Gasteiger partial charge >= 0.3 is 0 Å². The monoisotopic (exact) mass is 340 g/mol. The molecular formula is C17H16N4O2S. The molecule has 1 atom stereocenters. The van der Waals surface area contributed by atoms with Gasteiger partial charge in [0.25, 0.3) is 5.91 Å². The Kier molecular flexibility index (Phi) is 4.81. The molecule has 0 fully saturated rings. The molecule has 122 valence electrons. The van der Waals surface area contributed by atoms with Crippen LogP contribution in [0.5, 0.6) is 0 Å². The second-order valence-corrected chi connectivity index (χ2v) is 6.56. The van der Waals surface area contributed by atoms with Gasteiger partial charge in [0, 0.05) is 27.5 Å². The van der Waals surface area contributed by atoms with Gasteiger partial charge in [0.1, 0.15) is 6.33 Å². The number of nitrogens with one attached hydrogen (secondary N) is 1. The molecule has 0 aliphatic rings. The van der Waals surface area contributed by atoms with E-state index in [0.717, 1.165) is 5.56 Å². The molecule has 0 bridgehead atoms. The van der Waals surface area contributed by atoms with Gasteiger partial charge in [-0.25, -0.2) is 9.67 Å². The fourth-order valence-corrected chi connectivity index (χ4v) is 2.69. The maximum atomic E-state index is 12.2. The Hall–Kier alpha value is -2.80. The van der Waals surface area contributed by atoms with E-state index in [1.54, 1.807) is 41.5 Å². The van der Waals surface area contributed by atoms with Crippen molar-refractivity contribution in [3.8, 4) is 0 Å². The Morgan fingerprint density at radius 1 is 1.12 bits per heavy atom. The number of benzene rings is 2. The Balaban J connectivity index is 1.65. The average molecular weight is 340 g/mol. The lowest BCUT2D eigenvalue weighted by Crippen LogP contribution is -2.13. The lowest BCUT2D eigenvalue weighted by Gasteiger charge is -2.03. The summed E-state index contributed by atoms with van der Waals surface area (Å²) in [6.07, 6.45) is 3.17. The minimum Gasteiger partial charge on any atom is -0.289 e. The zero-order valence-corrected chi connectivity index (χ0v) is 13.9. The number of anilines is 1. The van der Waals surface area contributed by atoms with E-state index in [4.69, 9.17) is 0 Å². The Bertz CT molecular complexity index is 860. The average Bonchev–Trinajstić information content (AvgIpc) is 3.02. The number of carbonyl (C=O) groups excluding carboxylic acids is 1. The number of hydrogen-bond donors (Lipinski definition) is 1. The lowest BCUT2D eigenvalue weighted by molar-refractivity contribution is 0.102. The van der Waals surface area contributed by atoms with Gasteiger partial charge in [0.05, 0.1) is 6.54 Å². The number of rotatable bonds is 5. The van der Waals surface area contributed by atoms with Crippen molar-refractivity contribution >= 4 is 22.7 Å². The molecule has 0 unspecified atom stereocenters. The van der Waals surface area contributed by atoms with Crippen molar-refractivity contribution < 1.29 is 9.00 Å². The Morgan fingerprint density at radius 2 is 1.83 bits per heavy atom. The van der Waals surface area contributed by atoms with Gasteiger partial charge in [-0.1, -0.05) is 30.3 Å². The summed E-state index contributed by atoms with van der Waals surface area (Å²) in [6.45, 7) is 0.584.